The number of para-hydroxylation sites is 1. The van der Waals surface area contributed by atoms with Crippen LogP contribution in [0.5, 0.6) is 0 Å². The van der Waals surface area contributed by atoms with E-state index in [1.807, 2.05) is 12.1 Å². The normalized spacial score (nSPS) is 27.2. The quantitative estimate of drug-likeness (QED) is 0.681. The minimum Gasteiger partial charge on any atom is -0.465 e. The fraction of sp³-hybridized carbons (Fsp3) is 0.357. The molecule has 0 radical (unpaired) electrons. The first kappa shape index (κ1) is 14.3. The van der Waals surface area contributed by atoms with E-state index in [4.69, 9.17) is 10.5 Å². The first-order valence-corrected chi connectivity index (χ1v) is 6.75. The molecule has 3 rings (SSSR count). The molecule has 2 atom stereocenters. The van der Waals surface area contributed by atoms with E-state index < -0.39 is 29.6 Å². The molecule has 1 saturated heterocycles. The number of nitrogens with zero attached hydrogens (tertiary/aromatic N) is 1. The van der Waals surface area contributed by atoms with Gasteiger partial charge in [-0.3, -0.25) is 14.5 Å². The van der Waals surface area contributed by atoms with Crippen molar-refractivity contribution in [2.75, 3.05) is 11.9 Å². The molecule has 2 aliphatic heterocycles. The lowest BCUT2D eigenvalue weighted by atomic mass is 9.98. The van der Waals surface area contributed by atoms with Crippen molar-refractivity contribution in [3.63, 3.8) is 0 Å². The highest BCUT2D eigenvalue weighted by Crippen LogP contribution is 2.35. The molecule has 1 unspecified atom stereocenters. The van der Waals surface area contributed by atoms with Crippen LogP contribution in [-0.2, 0) is 20.9 Å². The summed E-state index contributed by atoms with van der Waals surface area (Å²) >= 11 is 0. The molecule has 2 aliphatic rings. The summed E-state index contributed by atoms with van der Waals surface area (Å²) < 4.78 is 5.73. The van der Waals surface area contributed by atoms with E-state index in [1.54, 1.807) is 12.1 Å². The van der Waals surface area contributed by atoms with Crippen molar-refractivity contribution >= 4 is 23.6 Å². The average Bonchev–Trinajstić information content (AvgIpc) is 2.82. The minimum atomic E-state index is -1.41. The summed E-state index contributed by atoms with van der Waals surface area (Å²) in [6.07, 6.45) is -1.40. The Balaban J connectivity index is 1.93. The lowest BCUT2D eigenvalue weighted by Gasteiger charge is -2.25. The molecule has 1 fully saturated rings. The maximum Gasteiger partial charge on any atom is 0.408 e. The molecule has 22 heavy (non-hydrogen) atoms. The number of carbonyl (C=O) groups is 3. The van der Waals surface area contributed by atoms with Crippen LogP contribution in [0, 0.1) is 0 Å². The summed E-state index contributed by atoms with van der Waals surface area (Å²) in [4.78, 5) is 36.2. The number of nitrogens with one attached hydrogen (secondary N) is 1. The van der Waals surface area contributed by atoms with Crippen LogP contribution < -0.4 is 11.1 Å². The number of carboxylic acid groups (broad SMARTS) is 1. The van der Waals surface area contributed by atoms with Crippen molar-refractivity contribution in [2.24, 2.45) is 5.73 Å². The average molecular weight is 305 g/mol. The Morgan fingerprint density at radius 3 is 2.77 bits per heavy atom. The lowest BCUT2D eigenvalue weighted by Crippen LogP contribution is -2.47. The summed E-state index contributed by atoms with van der Waals surface area (Å²) in [5.74, 6) is -1.26. The number of hydrogen-bond acceptors (Lipinski definition) is 4. The van der Waals surface area contributed by atoms with Crippen molar-refractivity contribution < 1.29 is 24.2 Å². The van der Waals surface area contributed by atoms with Gasteiger partial charge in [0.2, 0.25) is 5.91 Å². The molecule has 2 heterocycles. The second-order valence-corrected chi connectivity index (χ2v) is 5.43. The molecule has 1 aromatic rings. The third-order valence-electron chi connectivity index (χ3n) is 4.08. The van der Waals surface area contributed by atoms with Gasteiger partial charge < -0.3 is 20.9 Å². The third kappa shape index (κ3) is 2.17. The van der Waals surface area contributed by atoms with Crippen molar-refractivity contribution in [1.82, 2.24) is 4.90 Å². The van der Waals surface area contributed by atoms with E-state index in [0.29, 0.717) is 5.69 Å². The Morgan fingerprint density at radius 1 is 1.41 bits per heavy atom. The standard InChI is InChI=1S/C14H15N3O5/c15-11(18)10-5-14(7-17(10)13(20)21)12(19)16-9-4-2-1-3-8(9)6-22-14/h1-4,10H,5-7H2,(H2,15,18)(H,16,19)(H,20,21)/t10-,14?/m0/s1. The lowest BCUT2D eigenvalue weighted by molar-refractivity contribution is -0.140. The number of primary amides is 1. The van der Waals surface area contributed by atoms with Gasteiger partial charge in [0.15, 0.2) is 5.60 Å². The molecule has 1 aromatic carbocycles. The number of anilines is 1. The monoisotopic (exact) mass is 305 g/mol. The Bertz CT molecular complexity index is 638. The van der Waals surface area contributed by atoms with Crippen LogP contribution in [0.4, 0.5) is 10.5 Å². The fourth-order valence-electron chi connectivity index (χ4n) is 2.88. The highest BCUT2D eigenvalue weighted by atomic mass is 16.5. The number of hydrogen-bond donors (Lipinski definition) is 3. The Morgan fingerprint density at radius 2 is 2.14 bits per heavy atom. The largest absolute Gasteiger partial charge is 0.465 e. The Labute approximate surface area is 125 Å². The highest BCUT2D eigenvalue weighted by molar-refractivity contribution is 6.00. The number of nitrogens with two attached hydrogens (primary N) is 1. The molecule has 8 nitrogen and oxygen atoms in total. The van der Waals surface area contributed by atoms with Gasteiger partial charge in [-0.25, -0.2) is 4.79 Å². The van der Waals surface area contributed by atoms with Crippen LogP contribution in [0.1, 0.15) is 12.0 Å². The van der Waals surface area contributed by atoms with Crippen LogP contribution in [0.15, 0.2) is 24.3 Å². The van der Waals surface area contributed by atoms with Crippen LogP contribution in [0.25, 0.3) is 0 Å². The van der Waals surface area contributed by atoms with Gasteiger partial charge in [0.05, 0.1) is 13.2 Å². The summed E-state index contributed by atoms with van der Waals surface area (Å²) in [5.41, 5.74) is 5.26. The molecule has 8 heteroatoms. The van der Waals surface area contributed by atoms with E-state index in [0.717, 1.165) is 10.5 Å². The van der Waals surface area contributed by atoms with E-state index in [9.17, 15) is 19.5 Å². The van der Waals surface area contributed by atoms with Crippen molar-refractivity contribution in [1.29, 1.82) is 0 Å². The topological polar surface area (TPSA) is 122 Å². The van der Waals surface area contributed by atoms with Crippen molar-refractivity contribution in [3.8, 4) is 0 Å². The van der Waals surface area contributed by atoms with Crippen LogP contribution in [-0.4, -0.2) is 46.1 Å². The van der Waals surface area contributed by atoms with Crippen LogP contribution in [0.2, 0.25) is 0 Å². The second-order valence-electron chi connectivity index (χ2n) is 5.43. The predicted molar refractivity (Wildman–Crippen MR) is 74.9 cm³/mol. The molecule has 0 saturated carbocycles. The maximum absolute atomic E-state index is 12.5. The van der Waals surface area contributed by atoms with Gasteiger partial charge in [0.1, 0.15) is 6.04 Å². The van der Waals surface area contributed by atoms with Crippen molar-refractivity contribution in [2.45, 2.75) is 24.7 Å². The van der Waals surface area contributed by atoms with E-state index in [2.05, 4.69) is 5.32 Å². The number of ether oxygens (including phenoxy) is 1. The summed E-state index contributed by atoms with van der Waals surface area (Å²) in [7, 11) is 0. The molecule has 0 bridgehead atoms. The zero-order valence-corrected chi connectivity index (χ0v) is 11.6. The number of rotatable bonds is 1. The number of carbonyl (C=O) groups excluding carboxylic acids is 2. The molecule has 116 valence electrons. The Kier molecular flexibility index (Phi) is 3.25. The molecule has 1 spiro atoms. The Hall–Kier alpha value is -2.61. The summed E-state index contributed by atoms with van der Waals surface area (Å²) in [6.45, 7) is -0.0797. The number of fused-ring (bicyclic) bond motifs is 1. The molecule has 0 aromatic heterocycles. The summed E-state index contributed by atoms with van der Waals surface area (Å²) in [6, 6.07) is 6.07. The first-order chi connectivity index (χ1) is 10.4. The number of benzene rings is 1. The number of amides is 3. The zero-order chi connectivity index (χ0) is 15.9. The molecular weight excluding hydrogens is 290 g/mol. The van der Waals surface area contributed by atoms with Crippen LogP contribution >= 0.6 is 0 Å². The fourth-order valence-corrected chi connectivity index (χ4v) is 2.88. The van der Waals surface area contributed by atoms with Crippen molar-refractivity contribution in [3.05, 3.63) is 29.8 Å². The maximum atomic E-state index is 12.5. The first-order valence-electron chi connectivity index (χ1n) is 6.75. The molecule has 0 aliphatic carbocycles. The summed E-state index contributed by atoms with van der Waals surface area (Å²) in [5, 5.41) is 11.9. The zero-order valence-electron chi connectivity index (χ0n) is 11.6. The smallest absolute Gasteiger partial charge is 0.408 e. The van der Waals surface area contributed by atoms with Gasteiger partial charge in [-0.15, -0.1) is 0 Å². The van der Waals surface area contributed by atoms with Gasteiger partial charge in [-0.2, -0.15) is 0 Å². The van der Waals surface area contributed by atoms with Crippen LogP contribution in [0.3, 0.4) is 0 Å². The van der Waals surface area contributed by atoms with E-state index in [1.165, 1.54) is 0 Å². The SMILES string of the molecule is NC(=O)[C@@H]1CC2(CN1C(=O)O)OCc1ccccc1NC2=O. The molecule has 3 amide bonds. The van der Waals surface area contributed by atoms with E-state index in [-0.39, 0.29) is 19.6 Å². The van der Waals surface area contributed by atoms with Gasteiger partial charge >= 0.3 is 6.09 Å². The van der Waals surface area contributed by atoms with Gasteiger partial charge in [0, 0.05) is 17.7 Å². The van der Waals surface area contributed by atoms with Gasteiger partial charge in [-0.1, -0.05) is 18.2 Å². The molecule has 4 N–H and O–H groups in total. The highest BCUT2D eigenvalue weighted by Gasteiger charge is 2.54. The number of likely N-dealkylation sites (tertiary alicyclic amines) is 1. The molecular formula is C14H15N3O5. The predicted octanol–water partition coefficient (Wildman–Crippen LogP) is 0.132. The van der Waals surface area contributed by atoms with E-state index >= 15 is 0 Å². The third-order valence-corrected chi connectivity index (χ3v) is 4.08. The second kappa shape index (κ2) is 4.99. The minimum absolute atomic E-state index is 0.0888. The van der Waals surface area contributed by atoms with Gasteiger partial charge in [-0.05, 0) is 6.07 Å². The van der Waals surface area contributed by atoms with Gasteiger partial charge in [0.25, 0.3) is 5.91 Å².